The zero-order valence-electron chi connectivity index (χ0n) is 14.2. The van der Waals surface area contributed by atoms with Crippen molar-refractivity contribution >= 4 is 23.6 Å². The fourth-order valence-electron chi connectivity index (χ4n) is 3.16. The molecule has 2 aromatic rings. The van der Waals surface area contributed by atoms with Gasteiger partial charge in [0, 0.05) is 5.57 Å². The lowest BCUT2D eigenvalue weighted by Gasteiger charge is -2.16. The SMILES string of the molecule is C/C(=C\c1ccc2c(c1)CCCC2)C(=O)Nc1ccccc1C(=O)O. The minimum Gasteiger partial charge on any atom is -0.478 e. The second kappa shape index (κ2) is 7.34. The van der Waals surface area contributed by atoms with Crippen molar-refractivity contribution in [2.75, 3.05) is 5.32 Å². The molecule has 0 atom stereocenters. The van der Waals surface area contributed by atoms with Crippen molar-refractivity contribution in [3.05, 3.63) is 70.3 Å². The molecule has 4 heteroatoms. The Morgan fingerprint density at radius 2 is 1.76 bits per heavy atom. The average Bonchev–Trinajstić information content (AvgIpc) is 2.61. The Bertz CT molecular complexity index is 852. The Morgan fingerprint density at radius 1 is 1.04 bits per heavy atom. The number of fused-ring (bicyclic) bond motifs is 1. The van der Waals surface area contributed by atoms with E-state index in [2.05, 4.69) is 17.4 Å². The number of hydrogen-bond acceptors (Lipinski definition) is 2. The van der Waals surface area contributed by atoms with Crippen LogP contribution in [0.4, 0.5) is 5.69 Å². The highest BCUT2D eigenvalue weighted by molar-refractivity contribution is 6.09. The number of carboxylic acid groups (broad SMARTS) is 1. The molecule has 25 heavy (non-hydrogen) atoms. The third-order valence-corrected chi connectivity index (χ3v) is 4.52. The number of benzene rings is 2. The summed E-state index contributed by atoms with van der Waals surface area (Å²) in [6.45, 7) is 1.73. The molecule has 0 saturated heterocycles. The number of hydrogen-bond donors (Lipinski definition) is 2. The number of amides is 1. The van der Waals surface area contributed by atoms with E-state index in [1.807, 2.05) is 12.1 Å². The molecule has 2 N–H and O–H groups in total. The second-order valence-electron chi connectivity index (χ2n) is 6.37. The van der Waals surface area contributed by atoms with E-state index in [0.29, 0.717) is 11.3 Å². The van der Waals surface area contributed by atoms with Crippen molar-refractivity contribution in [1.82, 2.24) is 0 Å². The van der Waals surface area contributed by atoms with Crippen LogP contribution < -0.4 is 5.32 Å². The number of para-hydroxylation sites is 1. The lowest BCUT2D eigenvalue weighted by molar-refractivity contribution is -0.112. The fourth-order valence-corrected chi connectivity index (χ4v) is 3.16. The quantitative estimate of drug-likeness (QED) is 0.818. The maximum atomic E-state index is 12.4. The Balaban J connectivity index is 1.78. The van der Waals surface area contributed by atoms with E-state index in [4.69, 9.17) is 0 Å². The summed E-state index contributed by atoms with van der Waals surface area (Å²) in [5, 5.41) is 11.9. The highest BCUT2D eigenvalue weighted by atomic mass is 16.4. The van der Waals surface area contributed by atoms with Crippen LogP contribution in [-0.4, -0.2) is 17.0 Å². The second-order valence-corrected chi connectivity index (χ2v) is 6.37. The van der Waals surface area contributed by atoms with Crippen LogP contribution in [-0.2, 0) is 17.6 Å². The van der Waals surface area contributed by atoms with E-state index in [0.717, 1.165) is 18.4 Å². The van der Waals surface area contributed by atoms with Crippen LogP contribution in [0.25, 0.3) is 6.08 Å². The summed E-state index contributed by atoms with van der Waals surface area (Å²) in [4.78, 5) is 23.6. The number of carbonyl (C=O) groups excluding carboxylic acids is 1. The van der Waals surface area contributed by atoms with Crippen LogP contribution in [0, 0.1) is 0 Å². The van der Waals surface area contributed by atoms with Gasteiger partial charge in [0.2, 0.25) is 0 Å². The van der Waals surface area contributed by atoms with Gasteiger partial charge in [-0.15, -0.1) is 0 Å². The van der Waals surface area contributed by atoms with Crippen molar-refractivity contribution in [2.45, 2.75) is 32.6 Å². The third kappa shape index (κ3) is 3.97. The highest BCUT2D eigenvalue weighted by Gasteiger charge is 2.13. The van der Waals surface area contributed by atoms with Gasteiger partial charge in [-0.3, -0.25) is 4.79 Å². The predicted molar refractivity (Wildman–Crippen MR) is 98.8 cm³/mol. The lowest BCUT2D eigenvalue weighted by Crippen LogP contribution is -2.15. The van der Waals surface area contributed by atoms with Crippen molar-refractivity contribution in [3.63, 3.8) is 0 Å². The lowest BCUT2D eigenvalue weighted by atomic mass is 9.90. The molecule has 0 aromatic heterocycles. The van der Waals surface area contributed by atoms with Gasteiger partial charge < -0.3 is 10.4 Å². The number of nitrogens with one attached hydrogen (secondary N) is 1. The summed E-state index contributed by atoms with van der Waals surface area (Å²) >= 11 is 0. The van der Waals surface area contributed by atoms with Gasteiger partial charge in [-0.05, 0) is 67.5 Å². The van der Waals surface area contributed by atoms with Crippen molar-refractivity contribution in [3.8, 4) is 0 Å². The maximum absolute atomic E-state index is 12.4. The van der Waals surface area contributed by atoms with Crippen LogP contribution >= 0.6 is 0 Å². The van der Waals surface area contributed by atoms with Crippen LogP contribution in [0.1, 0.15) is 46.8 Å². The number of aromatic carboxylic acids is 1. The Labute approximate surface area is 147 Å². The molecule has 2 aromatic carbocycles. The molecule has 4 nitrogen and oxygen atoms in total. The number of aryl methyl sites for hydroxylation is 2. The standard InChI is InChI=1S/C21H21NO3/c1-14(12-15-10-11-16-6-2-3-7-17(16)13-15)20(23)22-19-9-5-4-8-18(19)21(24)25/h4-5,8-13H,2-3,6-7H2,1H3,(H,22,23)(H,24,25)/b14-12+. The summed E-state index contributed by atoms with van der Waals surface area (Å²) in [6.07, 6.45) is 6.52. The fraction of sp³-hybridized carbons (Fsp3) is 0.238. The minimum absolute atomic E-state index is 0.0810. The zero-order valence-corrected chi connectivity index (χ0v) is 14.2. The molecule has 0 bridgehead atoms. The van der Waals surface area contributed by atoms with Crippen LogP contribution in [0.15, 0.2) is 48.0 Å². The van der Waals surface area contributed by atoms with Crippen molar-refractivity contribution in [1.29, 1.82) is 0 Å². The summed E-state index contributed by atoms with van der Waals surface area (Å²) in [6, 6.07) is 12.7. The number of carboxylic acids is 1. The highest BCUT2D eigenvalue weighted by Crippen LogP contribution is 2.23. The first-order chi connectivity index (χ1) is 12.0. The van der Waals surface area contributed by atoms with E-state index in [-0.39, 0.29) is 11.5 Å². The monoisotopic (exact) mass is 335 g/mol. The van der Waals surface area contributed by atoms with Gasteiger partial charge in [-0.2, -0.15) is 0 Å². The molecule has 0 aliphatic heterocycles. The normalized spacial score (nSPS) is 13.9. The van der Waals surface area contributed by atoms with Gasteiger partial charge in [-0.25, -0.2) is 4.79 Å². The Kier molecular flexibility index (Phi) is 4.98. The van der Waals surface area contributed by atoms with Gasteiger partial charge >= 0.3 is 5.97 Å². The van der Waals surface area contributed by atoms with Crippen LogP contribution in [0.5, 0.6) is 0 Å². The van der Waals surface area contributed by atoms with Crippen LogP contribution in [0.3, 0.4) is 0 Å². The van der Waals surface area contributed by atoms with E-state index < -0.39 is 5.97 Å². The topological polar surface area (TPSA) is 66.4 Å². The van der Waals surface area contributed by atoms with E-state index in [9.17, 15) is 14.7 Å². The Morgan fingerprint density at radius 3 is 2.52 bits per heavy atom. The summed E-state index contributed by atoms with van der Waals surface area (Å²) in [5.74, 6) is -1.36. The molecular weight excluding hydrogens is 314 g/mol. The Hall–Kier alpha value is -2.88. The summed E-state index contributed by atoms with van der Waals surface area (Å²) < 4.78 is 0. The average molecular weight is 335 g/mol. The first-order valence-electron chi connectivity index (χ1n) is 8.48. The molecule has 1 aliphatic carbocycles. The molecule has 0 spiro atoms. The van der Waals surface area contributed by atoms with Gasteiger partial charge in [0.1, 0.15) is 0 Å². The molecular formula is C21H21NO3. The van der Waals surface area contributed by atoms with E-state index >= 15 is 0 Å². The van der Waals surface area contributed by atoms with Crippen molar-refractivity contribution < 1.29 is 14.7 Å². The molecule has 1 amide bonds. The van der Waals surface area contributed by atoms with E-state index in [1.54, 1.807) is 25.1 Å². The molecule has 128 valence electrons. The van der Waals surface area contributed by atoms with Gasteiger partial charge in [0.15, 0.2) is 0 Å². The summed E-state index contributed by atoms with van der Waals surface area (Å²) in [5.41, 5.74) is 4.69. The molecule has 1 aliphatic rings. The first kappa shape index (κ1) is 17.0. The maximum Gasteiger partial charge on any atom is 0.337 e. The summed E-state index contributed by atoms with van der Waals surface area (Å²) in [7, 11) is 0. The third-order valence-electron chi connectivity index (χ3n) is 4.52. The van der Waals surface area contributed by atoms with Gasteiger partial charge in [0.25, 0.3) is 5.91 Å². The van der Waals surface area contributed by atoms with Crippen molar-refractivity contribution in [2.24, 2.45) is 0 Å². The van der Waals surface area contributed by atoms with Crippen LogP contribution in [0.2, 0.25) is 0 Å². The number of anilines is 1. The molecule has 0 heterocycles. The number of rotatable bonds is 4. The molecule has 0 fully saturated rings. The minimum atomic E-state index is -1.06. The first-order valence-corrected chi connectivity index (χ1v) is 8.48. The van der Waals surface area contributed by atoms with Gasteiger partial charge in [0.05, 0.1) is 11.3 Å². The molecule has 0 unspecified atom stereocenters. The van der Waals surface area contributed by atoms with E-state index in [1.165, 1.54) is 30.0 Å². The smallest absolute Gasteiger partial charge is 0.337 e. The molecule has 0 saturated carbocycles. The van der Waals surface area contributed by atoms with Gasteiger partial charge in [-0.1, -0.05) is 30.3 Å². The number of carbonyl (C=O) groups is 2. The largest absolute Gasteiger partial charge is 0.478 e. The zero-order chi connectivity index (χ0) is 17.8. The molecule has 3 rings (SSSR count). The predicted octanol–water partition coefficient (Wildman–Crippen LogP) is 4.31. The molecule has 0 radical (unpaired) electrons.